The van der Waals surface area contributed by atoms with E-state index in [1.807, 2.05) is 0 Å². The van der Waals surface area contributed by atoms with Gasteiger partial charge in [0.2, 0.25) is 10.0 Å². The number of carbonyl (C=O) groups is 3. The molecule has 0 bridgehead atoms. The smallest absolute Gasteiger partial charge is 0.330 e. The normalized spacial score (nSPS) is 13.6. The molecule has 1 N–H and O–H groups in total. The second kappa shape index (κ2) is 7.53. The molecule has 0 radical (unpaired) electrons. The number of nitrogens with one attached hydrogen (secondary N) is 1. The lowest BCUT2D eigenvalue weighted by Crippen LogP contribution is -2.34. The number of fused-ring (bicyclic) bond motifs is 1. The van der Waals surface area contributed by atoms with Crippen molar-refractivity contribution in [3.63, 3.8) is 0 Å². The molecule has 0 aromatic heterocycles. The van der Waals surface area contributed by atoms with Crippen LogP contribution in [0.1, 0.15) is 38.3 Å². The van der Waals surface area contributed by atoms with E-state index < -0.39 is 27.8 Å². The molecule has 146 valence electrons. The van der Waals surface area contributed by atoms with E-state index in [4.69, 9.17) is 4.84 Å². The number of hydrogen-bond acceptors (Lipinski definition) is 6. The maximum atomic E-state index is 12.4. The van der Waals surface area contributed by atoms with Gasteiger partial charge in [-0.15, -0.1) is 0 Å². The molecular formula is C19H18N2O6S. The zero-order chi connectivity index (χ0) is 20.5. The monoisotopic (exact) mass is 402 g/mol. The maximum Gasteiger partial charge on any atom is 0.334 e. The van der Waals surface area contributed by atoms with Crippen molar-refractivity contribution in [1.82, 2.24) is 9.79 Å². The molecule has 0 spiro atoms. The number of benzene rings is 2. The van der Waals surface area contributed by atoms with Crippen LogP contribution in [-0.2, 0) is 19.7 Å². The van der Waals surface area contributed by atoms with E-state index in [9.17, 15) is 22.8 Å². The molecule has 28 heavy (non-hydrogen) atoms. The van der Waals surface area contributed by atoms with E-state index in [0.717, 1.165) is 5.56 Å². The average molecular weight is 402 g/mol. The van der Waals surface area contributed by atoms with E-state index in [1.54, 1.807) is 38.1 Å². The van der Waals surface area contributed by atoms with Gasteiger partial charge in [-0.05, 0) is 43.2 Å². The summed E-state index contributed by atoms with van der Waals surface area (Å²) in [6, 6.07) is 11.1. The zero-order valence-corrected chi connectivity index (χ0v) is 16.1. The Kier molecular flexibility index (Phi) is 5.30. The first-order valence-electron chi connectivity index (χ1n) is 8.46. The van der Waals surface area contributed by atoms with Gasteiger partial charge in [0.1, 0.15) is 0 Å². The van der Waals surface area contributed by atoms with Gasteiger partial charge in [0, 0.05) is 6.54 Å². The number of rotatable bonds is 6. The van der Waals surface area contributed by atoms with Crippen LogP contribution in [0.2, 0.25) is 0 Å². The number of hydroxylamine groups is 2. The van der Waals surface area contributed by atoms with Crippen molar-refractivity contribution in [1.29, 1.82) is 0 Å². The van der Waals surface area contributed by atoms with Crippen LogP contribution in [0.15, 0.2) is 47.4 Å². The number of amides is 2. The van der Waals surface area contributed by atoms with Crippen molar-refractivity contribution in [2.75, 3.05) is 6.54 Å². The van der Waals surface area contributed by atoms with E-state index in [1.165, 1.54) is 18.2 Å². The van der Waals surface area contributed by atoms with Crippen LogP contribution in [-0.4, -0.2) is 37.8 Å². The second-order valence-electron chi connectivity index (χ2n) is 6.33. The van der Waals surface area contributed by atoms with Crippen molar-refractivity contribution in [3.8, 4) is 0 Å². The van der Waals surface area contributed by atoms with Crippen molar-refractivity contribution >= 4 is 27.8 Å². The van der Waals surface area contributed by atoms with Gasteiger partial charge in [-0.3, -0.25) is 9.59 Å². The molecule has 1 heterocycles. The van der Waals surface area contributed by atoms with Gasteiger partial charge in [-0.1, -0.05) is 29.3 Å². The van der Waals surface area contributed by atoms with Gasteiger partial charge in [-0.25, -0.2) is 17.9 Å². The minimum absolute atomic E-state index is 0.126. The Labute approximate surface area is 162 Å². The number of hydrogen-bond donors (Lipinski definition) is 1. The largest absolute Gasteiger partial charge is 0.334 e. The van der Waals surface area contributed by atoms with E-state index >= 15 is 0 Å². The second-order valence-corrected chi connectivity index (χ2v) is 8.07. The van der Waals surface area contributed by atoms with Crippen LogP contribution in [0.5, 0.6) is 0 Å². The summed E-state index contributed by atoms with van der Waals surface area (Å²) in [6.45, 7) is 3.21. The first-order valence-corrected chi connectivity index (χ1v) is 9.94. The van der Waals surface area contributed by atoms with Gasteiger partial charge in [-0.2, -0.15) is 0 Å². The third-order valence-corrected chi connectivity index (χ3v) is 5.81. The summed E-state index contributed by atoms with van der Waals surface area (Å²) < 4.78 is 27.1. The maximum absolute atomic E-state index is 12.4. The Balaban J connectivity index is 1.59. The van der Waals surface area contributed by atoms with Gasteiger partial charge in [0.25, 0.3) is 11.8 Å². The third-order valence-electron chi connectivity index (χ3n) is 4.20. The van der Waals surface area contributed by atoms with Crippen molar-refractivity contribution < 1.29 is 27.6 Å². The molecule has 1 aliphatic heterocycles. The summed E-state index contributed by atoms with van der Waals surface area (Å²) in [5.41, 5.74) is 1.66. The summed E-state index contributed by atoms with van der Waals surface area (Å²) >= 11 is 0. The highest BCUT2D eigenvalue weighted by molar-refractivity contribution is 7.89. The standard InChI is InChI=1S/C19H18N2O6S/c1-12-7-8-13(2)16(11-12)28(25,26)20-10-9-17(22)27-21-18(23)14-5-3-4-6-15(14)19(21)24/h3-8,11,20H,9-10H2,1-2H3. The highest BCUT2D eigenvalue weighted by Gasteiger charge is 2.38. The van der Waals surface area contributed by atoms with Crippen molar-refractivity contribution in [3.05, 3.63) is 64.7 Å². The van der Waals surface area contributed by atoms with Crippen LogP contribution >= 0.6 is 0 Å². The Morgan fingerprint density at radius 3 is 2.25 bits per heavy atom. The Bertz CT molecular complexity index is 1040. The predicted octanol–water partition coefficient (Wildman–Crippen LogP) is 1.73. The van der Waals surface area contributed by atoms with Gasteiger partial charge >= 0.3 is 5.97 Å². The molecule has 2 aromatic rings. The summed E-state index contributed by atoms with van der Waals surface area (Å²) in [5, 5.41) is 0.395. The molecule has 0 unspecified atom stereocenters. The number of carbonyl (C=O) groups excluding carboxylic acids is 3. The van der Waals surface area contributed by atoms with Crippen molar-refractivity contribution in [2.45, 2.75) is 25.2 Å². The van der Waals surface area contributed by atoms with Gasteiger partial charge in [0.05, 0.1) is 22.4 Å². The molecule has 2 aromatic carbocycles. The molecule has 0 aliphatic carbocycles. The van der Waals surface area contributed by atoms with Crippen LogP contribution in [0.4, 0.5) is 0 Å². The SMILES string of the molecule is Cc1ccc(C)c(S(=O)(=O)NCCC(=O)ON2C(=O)c3ccccc3C2=O)c1. The fourth-order valence-electron chi connectivity index (χ4n) is 2.76. The van der Waals surface area contributed by atoms with Crippen LogP contribution < -0.4 is 4.72 Å². The number of sulfonamides is 1. The molecular weight excluding hydrogens is 384 g/mol. The summed E-state index contributed by atoms with van der Waals surface area (Å²) in [5.74, 6) is -2.37. The first-order chi connectivity index (χ1) is 13.2. The zero-order valence-electron chi connectivity index (χ0n) is 15.3. The molecule has 0 saturated carbocycles. The molecule has 1 aliphatic rings. The van der Waals surface area contributed by atoms with Crippen molar-refractivity contribution in [2.24, 2.45) is 0 Å². The molecule has 9 heteroatoms. The fraction of sp³-hybridized carbons (Fsp3) is 0.211. The molecule has 0 atom stereocenters. The summed E-state index contributed by atoms with van der Waals surface area (Å²) in [4.78, 5) is 41.2. The van der Waals surface area contributed by atoms with E-state index in [2.05, 4.69) is 4.72 Å². The lowest BCUT2D eigenvalue weighted by atomic mass is 10.1. The summed E-state index contributed by atoms with van der Waals surface area (Å²) in [6.07, 6.45) is -0.350. The van der Waals surface area contributed by atoms with E-state index in [0.29, 0.717) is 10.6 Å². The predicted molar refractivity (Wildman–Crippen MR) is 98.8 cm³/mol. The quantitative estimate of drug-likeness (QED) is 0.737. The Hall–Kier alpha value is -3.04. The topological polar surface area (TPSA) is 110 Å². The van der Waals surface area contributed by atoms with Crippen LogP contribution in [0.3, 0.4) is 0 Å². The number of aryl methyl sites for hydroxylation is 2. The number of imide groups is 1. The lowest BCUT2D eigenvalue weighted by Gasteiger charge is -2.13. The summed E-state index contributed by atoms with van der Waals surface area (Å²) in [7, 11) is -3.81. The lowest BCUT2D eigenvalue weighted by molar-refractivity contribution is -0.168. The Morgan fingerprint density at radius 2 is 1.64 bits per heavy atom. The minimum atomic E-state index is -3.81. The van der Waals surface area contributed by atoms with Crippen LogP contribution in [0, 0.1) is 13.8 Å². The minimum Gasteiger partial charge on any atom is -0.330 e. The molecule has 0 fully saturated rings. The average Bonchev–Trinajstić information content (AvgIpc) is 2.89. The Morgan fingerprint density at radius 1 is 1.04 bits per heavy atom. The fourth-order valence-corrected chi connectivity index (χ4v) is 4.12. The molecule has 3 rings (SSSR count). The van der Waals surface area contributed by atoms with Crippen LogP contribution in [0.25, 0.3) is 0 Å². The first kappa shape index (κ1) is 19.7. The highest BCUT2D eigenvalue weighted by Crippen LogP contribution is 2.23. The van der Waals surface area contributed by atoms with Gasteiger partial charge in [0.15, 0.2) is 0 Å². The number of nitrogens with zero attached hydrogens (tertiary/aromatic N) is 1. The molecule has 0 saturated heterocycles. The third kappa shape index (κ3) is 3.80. The van der Waals surface area contributed by atoms with E-state index in [-0.39, 0.29) is 29.0 Å². The van der Waals surface area contributed by atoms with Gasteiger partial charge < -0.3 is 4.84 Å². The highest BCUT2D eigenvalue weighted by atomic mass is 32.2. The molecule has 2 amide bonds. The molecule has 8 nitrogen and oxygen atoms in total.